The molecule has 0 atom stereocenters. The maximum absolute atomic E-state index is 12.2. The van der Waals surface area contributed by atoms with Gasteiger partial charge in [-0.1, -0.05) is 17.7 Å². The van der Waals surface area contributed by atoms with Crippen LogP contribution in [-0.4, -0.2) is 32.6 Å². The molecular formula is C20H24N2O4. The van der Waals surface area contributed by atoms with Crippen LogP contribution in [0.2, 0.25) is 0 Å². The van der Waals surface area contributed by atoms with Gasteiger partial charge in [0.05, 0.1) is 19.9 Å². The number of aryl methyl sites for hydroxylation is 1. The van der Waals surface area contributed by atoms with Crippen molar-refractivity contribution < 1.29 is 19.1 Å². The molecule has 1 N–H and O–H groups in total. The topological polar surface area (TPSA) is 67.9 Å². The van der Waals surface area contributed by atoms with Gasteiger partial charge in [0.15, 0.2) is 0 Å². The fourth-order valence-electron chi connectivity index (χ4n) is 2.53. The predicted molar refractivity (Wildman–Crippen MR) is 102 cm³/mol. The van der Waals surface area contributed by atoms with Crippen LogP contribution in [0.25, 0.3) is 0 Å². The molecule has 0 saturated heterocycles. The van der Waals surface area contributed by atoms with Gasteiger partial charge in [0.2, 0.25) is 11.8 Å². The third kappa shape index (κ3) is 4.99. The molecule has 0 aliphatic heterocycles. The van der Waals surface area contributed by atoms with Gasteiger partial charge >= 0.3 is 0 Å². The molecule has 6 nitrogen and oxygen atoms in total. The second kappa shape index (κ2) is 8.89. The monoisotopic (exact) mass is 356 g/mol. The Morgan fingerprint density at radius 2 is 1.73 bits per heavy atom. The summed E-state index contributed by atoms with van der Waals surface area (Å²) in [6, 6.07) is 12.8. The Morgan fingerprint density at radius 1 is 1.04 bits per heavy atom. The summed E-state index contributed by atoms with van der Waals surface area (Å²) in [5.41, 5.74) is 2.46. The summed E-state index contributed by atoms with van der Waals surface area (Å²) in [6.45, 7) is 3.69. The lowest BCUT2D eigenvalue weighted by Crippen LogP contribution is -2.32. The van der Waals surface area contributed by atoms with Gasteiger partial charge in [-0.05, 0) is 31.2 Å². The number of anilines is 2. The highest BCUT2D eigenvalue weighted by Gasteiger charge is 2.18. The smallest absolute Gasteiger partial charge is 0.226 e. The molecule has 26 heavy (non-hydrogen) atoms. The average Bonchev–Trinajstić information content (AvgIpc) is 2.63. The molecule has 0 unspecified atom stereocenters. The van der Waals surface area contributed by atoms with Crippen molar-refractivity contribution in [3.63, 3.8) is 0 Å². The van der Waals surface area contributed by atoms with E-state index in [1.165, 1.54) is 18.9 Å². The lowest BCUT2D eigenvalue weighted by atomic mass is 10.2. The Balaban J connectivity index is 2.07. The third-order valence-corrected chi connectivity index (χ3v) is 3.96. The number of carbonyl (C=O) groups is 2. The molecule has 0 heterocycles. The van der Waals surface area contributed by atoms with Gasteiger partial charge in [-0.15, -0.1) is 0 Å². The number of hydrogen-bond acceptors (Lipinski definition) is 4. The second-order valence-corrected chi connectivity index (χ2v) is 5.87. The van der Waals surface area contributed by atoms with E-state index >= 15 is 0 Å². The lowest BCUT2D eigenvalue weighted by molar-refractivity contribution is -0.117. The third-order valence-electron chi connectivity index (χ3n) is 3.96. The zero-order valence-electron chi connectivity index (χ0n) is 15.5. The van der Waals surface area contributed by atoms with Crippen LogP contribution in [0.3, 0.4) is 0 Å². The highest BCUT2D eigenvalue weighted by molar-refractivity contribution is 5.95. The van der Waals surface area contributed by atoms with Gasteiger partial charge in [0.1, 0.15) is 11.5 Å². The molecule has 2 aromatic carbocycles. The molecule has 0 spiro atoms. The largest absolute Gasteiger partial charge is 0.497 e. The number of methoxy groups -OCH3 is 2. The van der Waals surface area contributed by atoms with Crippen molar-refractivity contribution in [3.05, 3.63) is 48.0 Å². The van der Waals surface area contributed by atoms with Crippen LogP contribution in [0.4, 0.5) is 11.4 Å². The Morgan fingerprint density at radius 3 is 2.31 bits per heavy atom. The van der Waals surface area contributed by atoms with Crippen LogP contribution in [-0.2, 0) is 9.59 Å². The van der Waals surface area contributed by atoms with Crippen LogP contribution in [0.1, 0.15) is 18.9 Å². The summed E-state index contributed by atoms with van der Waals surface area (Å²) in [5, 5.41) is 2.83. The summed E-state index contributed by atoms with van der Waals surface area (Å²) < 4.78 is 10.5. The number of carbonyl (C=O) groups excluding carboxylic acids is 2. The molecule has 2 amide bonds. The van der Waals surface area contributed by atoms with Crippen molar-refractivity contribution >= 4 is 23.2 Å². The van der Waals surface area contributed by atoms with E-state index in [0.717, 1.165) is 11.3 Å². The van der Waals surface area contributed by atoms with Crippen LogP contribution in [0.15, 0.2) is 42.5 Å². The first-order valence-electron chi connectivity index (χ1n) is 8.31. The van der Waals surface area contributed by atoms with E-state index in [-0.39, 0.29) is 24.8 Å². The van der Waals surface area contributed by atoms with Crippen LogP contribution >= 0.6 is 0 Å². The van der Waals surface area contributed by atoms with Gasteiger partial charge in [-0.25, -0.2) is 0 Å². The second-order valence-electron chi connectivity index (χ2n) is 5.87. The first kappa shape index (κ1) is 19.3. The molecule has 2 aromatic rings. The first-order chi connectivity index (χ1) is 12.4. The summed E-state index contributed by atoms with van der Waals surface area (Å²) in [7, 11) is 3.09. The Kier molecular flexibility index (Phi) is 6.60. The zero-order valence-corrected chi connectivity index (χ0v) is 15.5. The number of nitrogens with zero attached hydrogens (tertiary/aromatic N) is 1. The van der Waals surface area contributed by atoms with Crippen LogP contribution in [0.5, 0.6) is 11.5 Å². The minimum absolute atomic E-state index is 0.160. The number of ether oxygens (including phenoxy) is 2. The SMILES string of the molecule is COc1ccc(N(CCC(=O)Nc2ccc(C)cc2)C(C)=O)c(OC)c1. The summed E-state index contributed by atoms with van der Waals surface area (Å²) in [6.07, 6.45) is 0.169. The Hall–Kier alpha value is -3.02. The van der Waals surface area contributed by atoms with Gasteiger partial charge in [0.25, 0.3) is 0 Å². The normalized spacial score (nSPS) is 10.2. The van der Waals surface area contributed by atoms with E-state index in [9.17, 15) is 9.59 Å². The van der Waals surface area contributed by atoms with E-state index < -0.39 is 0 Å². The molecule has 0 aliphatic carbocycles. The van der Waals surface area contributed by atoms with Gasteiger partial charge in [-0.2, -0.15) is 0 Å². The summed E-state index contributed by atoms with van der Waals surface area (Å²) in [4.78, 5) is 25.8. The number of hydrogen-bond donors (Lipinski definition) is 1. The van der Waals surface area contributed by atoms with Crippen molar-refractivity contribution in [1.29, 1.82) is 0 Å². The summed E-state index contributed by atoms with van der Waals surface area (Å²) in [5.74, 6) is 0.814. The molecule has 0 fully saturated rings. The van der Waals surface area contributed by atoms with Crippen LogP contribution < -0.4 is 19.7 Å². The molecule has 0 aromatic heterocycles. The van der Waals surface area contributed by atoms with Crippen molar-refractivity contribution in [2.24, 2.45) is 0 Å². The maximum atomic E-state index is 12.2. The molecule has 2 rings (SSSR count). The number of amides is 2. The minimum Gasteiger partial charge on any atom is -0.497 e. The molecule has 6 heteroatoms. The summed E-state index contributed by atoms with van der Waals surface area (Å²) >= 11 is 0. The quantitative estimate of drug-likeness (QED) is 0.826. The lowest BCUT2D eigenvalue weighted by Gasteiger charge is -2.23. The minimum atomic E-state index is -0.170. The molecule has 138 valence electrons. The standard InChI is InChI=1S/C20H24N2O4/c1-14-5-7-16(8-6-14)21-20(24)11-12-22(15(2)23)18-10-9-17(25-3)13-19(18)26-4/h5-10,13H,11-12H2,1-4H3,(H,21,24). The number of nitrogens with one attached hydrogen (secondary N) is 1. The van der Waals surface area contributed by atoms with E-state index in [2.05, 4.69) is 5.32 Å². The first-order valence-corrected chi connectivity index (χ1v) is 8.31. The maximum Gasteiger partial charge on any atom is 0.226 e. The fourth-order valence-corrected chi connectivity index (χ4v) is 2.53. The van der Waals surface area contributed by atoms with Gasteiger partial charge in [-0.3, -0.25) is 9.59 Å². The highest BCUT2D eigenvalue weighted by atomic mass is 16.5. The number of benzene rings is 2. The molecular weight excluding hydrogens is 332 g/mol. The molecule has 0 radical (unpaired) electrons. The fraction of sp³-hybridized carbons (Fsp3) is 0.300. The van der Waals surface area contributed by atoms with E-state index in [0.29, 0.717) is 17.2 Å². The van der Waals surface area contributed by atoms with Crippen molar-refractivity contribution in [3.8, 4) is 11.5 Å². The van der Waals surface area contributed by atoms with Gasteiger partial charge < -0.3 is 19.7 Å². The van der Waals surface area contributed by atoms with E-state index in [1.54, 1.807) is 25.3 Å². The zero-order chi connectivity index (χ0) is 19.1. The van der Waals surface area contributed by atoms with Crippen molar-refractivity contribution in [2.45, 2.75) is 20.3 Å². The van der Waals surface area contributed by atoms with E-state index in [1.807, 2.05) is 31.2 Å². The molecule has 0 aliphatic rings. The van der Waals surface area contributed by atoms with E-state index in [4.69, 9.17) is 9.47 Å². The average molecular weight is 356 g/mol. The van der Waals surface area contributed by atoms with Gasteiger partial charge in [0, 0.05) is 31.6 Å². The Bertz CT molecular complexity index is 772. The molecule has 0 saturated carbocycles. The van der Waals surface area contributed by atoms with Crippen molar-refractivity contribution in [2.75, 3.05) is 31.0 Å². The molecule has 0 bridgehead atoms. The predicted octanol–water partition coefficient (Wildman–Crippen LogP) is 3.39. The van der Waals surface area contributed by atoms with Crippen LogP contribution in [0, 0.1) is 6.92 Å². The highest BCUT2D eigenvalue weighted by Crippen LogP contribution is 2.32. The Labute approximate surface area is 153 Å². The van der Waals surface area contributed by atoms with Crippen molar-refractivity contribution in [1.82, 2.24) is 0 Å². The number of rotatable bonds is 7.